The monoisotopic (exact) mass is 240 g/mol. The molecule has 0 unspecified atom stereocenters. The molecule has 0 fully saturated rings. The lowest BCUT2D eigenvalue weighted by atomic mass is 10.2. The molecule has 1 N–H and O–H groups in total. The van der Waals surface area contributed by atoms with E-state index in [-0.39, 0.29) is 12.7 Å². The average Bonchev–Trinajstić information content (AvgIpc) is 2.78. The molecule has 0 aliphatic carbocycles. The van der Waals surface area contributed by atoms with E-state index >= 15 is 0 Å². The number of benzene rings is 1. The molecule has 84 valence electrons. The summed E-state index contributed by atoms with van der Waals surface area (Å²) in [6.07, 6.45) is 1.21. The van der Waals surface area contributed by atoms with Crippen LogP contribution in [0.25, 0.3) is 11.0 Å². The van der Waals surface area contributed by atoms with Crippen LogP contribution in [0.3, 0.4) is 0 Å². The molecule has 0 radical (unpaired) electrons. The number of rotatable bonds is 1. The molecule has 0 amide bonds. The highest BCUT2D eigenvalue weighted by Crippen LogP contribution is 2.42. The second-order valence-corrected chi connectivity index (χ2v) is 3.99. The van der Waals surface area contributed by atoms with E-state index in [9.17, 15) is 0 Å². The van der Waals surface area contributed by atoms with Gasteiger partial charge < -0.3 is 19.0 Å². The van der Waals surface area contributed by atoms with Crippen LogP contribution in [0, 0.1) is 0 Å². The van der Waals surface area contributed by atoms with E-state index < -0.39 is 0 Å². The van der Waals surface area contributed by atoms with Crippen LogP contribution in [-0.2, 0) is 0 Å². The van der Waals surface area contributed by atoms with Gasteiger partial charge in [0.05, 0.1) is 23.3 Å². The molecule has 0 saturated heterocycles. The molecule has 1 aromatic carbocycles. The molecule has 1 aliphatic heterocycles. The van der Waals surface area contributed by atoms with Crippen molar-refractivity contribution in [1.29, 1.82) is 0 Å². The number of hydrogen-bond acceptors (Lipinski definition) is 4. The third-order valence-electron chi connectivity index (χ3n) is 2.52. The third-order valence-corrected chi connectivity index (χ3v) is 2.80. The van der Waals surface area contributed by atoms with Crippen LogP contribution in [0.15, 0.2) is 22.8 Å². The first-order chi connectivity index (χ1) is 7.79. The van der Waals surface area contributed by atoms with Gasteiger partial charge in [0.15, 0.2) is 23.2 Å². The predicted molar refractivity (Wildman–Crippen MR) is 58.2 cm³/mol. The fourth-order valence-corrected chi connectivity index (χ4v) is 2.01. The Labute approximate surface area is 96.3 Å². The molecular formula is C11H9ClO4. The van der Waals surface area contributed by atoms with Crippen LogP contribution in [0.4, 0.5) is 0 Å². The second-order valence-electron chi connectivity index (χ2n) is 3.58. The molecule has 1 aromatic heterocycles. The molecule has 0 saturated carbocycles. The average molecular weight is 241 g/mol. The maximum absolute atomic E-state index is 9.00. The second kappa shape index (κ2) is 3.57. The van der Waals surface area contributed by atoms with Crippen molar-refractivity contribution < 1.29 is 19.0 Å². The van der Waals surface area contributed by atoms with E-state index in [4.69, 9.17) is 30.6 Å². The van der Waals surface area contributed by atoms with E-state index in [1.165, 1.54) is 0 Å². The maximum atomic E-state index is 9.00. The summed E-state index contributed by atoms with van der Waals surface area (Å²) < 4.78 is 16.3. The van der Waals surface area contributed by atoms with Crippen LogP contribution in [0.2, 0.25) is 5.02 Å². The van der Waals surface area contributed by atoms with Gasteiger partial charge in [-0.15, -0.1) is 0 Å². The first-order valence-corrected chi connectivity index (χ1v) is 5.27. The van der Waals surface area contributed by atoms with E-state index in [1.54, 1.807) is 18.4 Å². The Balaban J connectivity index is 2.18. The highest BCUT2D eigenvalue weighted by atomic mass is 35.5. The van der Waals surface area contributed by atoms with Crippen molar-refractivity contribution in [3.8, 4) is 11.5 Å². The standard InChI is InChI=1S/C11H9ClO4/c12-8-3-9-11(7-1-2-14-10(7)8)15-5-6(4-13)16-9/h1-3,6,13H,4-5H2/t6-/m0/s1. The highest BCUT2D eigenvalue weighted by molar-refractivity contribution is 6.35. The molecule has 2 aromatic rings. The van der Waals surface area contributed by atoms with Gasteiger partial charge >= 0.3 is 0 Å². The van der Waals surface area contributed by atoms with Crippen molar-refractivity contribution >= 4 is 22.6 Å². The van der Waals surface area contributed by atoms with Gasteiger partial charge in [0.2, 0.25) is 0 Å². The number of fused-ring (bicyclic) bond motifs is 3. The van der Waals surface area contributed by atoms with Crippen molar-refractivity contribution in [3.05, 3.63) is 23.4 Å². The summed E-state index contributed by atoms with van der Waals surface area (Å²) in [6.45, 7) is 0.242. The summed E-state index contributed by atoms with van der Waals surface area (Å²) in [7, 11) is 0. The van der Waals surface area contributed by atoms with Crippen molar-refractivity contribution in [2.24, 2.45) is 0 Å². The number of aliphatic hydroxyl groups excluding tert-OH is 1. The van der Waals surface area contributed by atoms with Gasteiger partial charge in [-0.1, -0.05) is 11.6 Å². The lowest BCUT2D eigenvalue weighted by Crippen LogP contribution is -2.32. The Morgan fingerprint density at radius 2 is 2.38 bits per heavy atom. The van der Waals surface area contributed by atoms with E-state index in [1.807, 2.05) is 0 Å². The van der Waals surface area contributed by atoms with Gasteiger partial charge in [-0.3, -0.25) is 0 Å². The summed E-state index contributed by atoms with van der Waals surface area (Å²) in [5.41, 5.74) is 0.589. The highest BCUT2D eigenvalue weighted by Gasteiger charge is 2.24. The largest absolute Gasteiger partial charge is 0.485 e. The first kappa shape index (κ1) is 9.81. The number of halogens is 1. The molecule has 3 rings (SSSR count). The van der Waals surface area contributed by atoms with E-state index in [2.05, 4.69) is 0 Å². The SMILES string of the molecule is OC[C@H]1COc2c(cc(Cl)c3occc23)O1. The number of ether oxygens (including phenoxy) is 2. The van der Waals surface area contributed by atoms with Crippen LogP contribution >= 0.6 is 11.6 Å². The van der Waals surface area contributed by atoms with Crippen molar-refractivity contribution in [1.82, 2.24) is 0 Å². The minimum atomic E-state index is -0.340. The third kappa shape index (κ3) is 1.34. The molecule has 4 nitrogen and oxygen atoms in total. The molecule has 16 heavy (non-hydrogen) atoms. The minimum absolute atomic E-state index is 0.0829. The van der Waals surface area contributed by atoms with Crippen LogP contribution in [0.5, 0.6) is 11.5 Å². The molecule has 0 spiro atoms. The normalized spacial score (nSPS) is 19.0. The molecule has 1 atom stereocenters. The van der Waals surface area contributed by atoms with Gasteiger partial charge in [-0.2, -0.15) is 0 Å². The molecule has 2 heterocycles. The Hall–Kier alpha value is -1.39. The molecular weight excluding hydrogens is 232 g/mol. The molecule has 1 aliphatic rings. The van der Waals surface area contributed by atoms with Gasteiger partial charge in [0.1, 0.15) is 6.61 Å². The summed E-state index contributed by atoms with van der Waals surface area (Å²) in [5.74, 6) is 1.17. The van der Waals surface area contributed by atoms with Gasteiger partial charge in [0, 0.05) is 6.07 Å². The number of aliphatic hydroxyl groups is 1. The number of furan rings is 1. The Morgan fingerprint density at radius 3 is 3.19 bits per heavy atom. The first-order valence-electron chi connectivity index (χ1n) is 4.89. The maximum Gasteiger partial charge on any atom is 0.172 e. The van der Waals surface area contributed by atoms with Crippen LogP contribution in [0.1, 0.15) is 0 Å². The predicted octanol–water partition coefficient (Wildman–Crippen LogP) is 2.22. The Bertz CT molecular complexity index is 534. The zero-order valence-corrected chi connectivity index (χ0v) is 9.03. The van der Waals surface area contributed by atoms with E-state index in [0.29, 0.717) is 28.7 Å². The zero-order chi connectivity index (χ0) is 11.1. The summed E-state index contributed by atoms with van der Waals surface area (Å²) in [4.78, 5) is 0. The summed E-state index contributed by atoms with van der Waals surface area (Å²) in [6, 6.07) is 3.42. The summed E-state index contributed by atoms with van der Waals surface area (Å²) in [5, 5.41) is 10.3. The zero-order valence-electron chi connectivity index (χ0n) is 8.27. The Kier molecular flexibility index (Phi) is 2.19. The minimum Gasteiger partial charge on any atom is -0.485 e. The van der Waals surface area contributed by atoms with E-state index in [0.717, 1.165) is 5.39 Å². The van der Waals surface area contributed by atoms with Crippen molar-refractivity contribution in [3.63, 3.8) is 0 Å². The smallest absolute Gasteiger partial charge is 0.172 e. The summed E-state index contributed by atoms with van der Waals surface area (Å²) >= 11 is 6.03. The van der Waals surface area contributed by atoms with Gasteiger partial charge in [-0.25, -0.2) is 0 Å². The molecule has 5 heteroatoms. The number of hydrogen-bond donors (Lipinski definition) is 1. The molecule has 0 bridgehead atoms. The van der Waals surface area contributed by atoms with Crippen molar-refractivity contribution in [2.45, 2.75) is 6.10 Å². The quantitative estimate of drug-likeness (QED) is 0.830. The topological polar surface area (TPSA) is 51.8 Å². The fourth-order valence-electron chi connectivity index (χ4n) is 1.77. The lowest BCUT2D eigenvalue weighted by molar-refractivity contribution is 0.0467. The van der Waals surface area contributed by atoms with Crippen LogP contribution in [-0.4, -0.2) is 24.4 Å². The fraction of sp³-hybridized carbons (Fsp3) is 0.273. The van der Waals surface area contributed by atoms with Crippen LogP contribution < -0.4 is 9.47 Å². The van der Waals surface area contributed by atoms with Gasteiger partial charge in [0.25, 0.3) is 0 Å². The van der Waals surface area contributed by atoms with Crippen molar-refractivity contribution in [2.75, 3.05) is 13.2 Å². The van der Waals surface area contributed by atoms with Gasteiger partial charge in [-0.05, 0) is 6.07 Å². The Morgan fingerprint density at radius 1 is 1.50 bits per heavy atom. The lowest BCUT2D eigenvalue weighted by Gasteiger charge is -2.25.